The van der Waals surface area contributed by atoms with E-state index >= 15 is 0 Å². The van der Waals surface area contributed by atoms with E-state index < -0.39 is 11.8 Å². The average Bonchev–Trinajstić information content (AvgIpc) is 2.65. The van der Waals surface area contributed by atoms with E-state index in [9.17, 15) is 9.59 Å². The standard InChI is InChI=1S/C20H23N3O4/c1-5-27-18-11-15(7-9-17(18)26-4)12-21-23-20(25)19(24)22-16-8-6-13(2)14(3)10-16/h6-12H,5H2,1-4H3,(H,22,24)(H,23,25)/b21-12-. The maximum Gasteiger partial charge on any atom is 0.329 e. The molecule has 0 atom stereocenters. The first kappa shape index (κ1) is 20.0. The summed E-state index contributed by atoms with van der Waals surface area (Å²) in [5.41, 5.74) is 5.58. The predicted molar refractivity (Wildman–Crippen MR) is 104 cm³/mol. The van der Waals surface area contributed by atoms with E-state index in [0.717, 1.165) is 11.1 Å². The van der Waals surface area contributed by atoms with Crippen molar-refractivity contribution in [2.75, 3.05) is 19.0 Å². The van der Waals surface area contributed by atoms with Gasteiger partial charge in [0, 0.05) is 5.69 Å². The van der Waals surface area contributed by atoms with Gasteiger partial charge in [-0.15, -0.1) is 0 Å². The minimum Gasteiger partial charge on any atom is -0.493 e. The van der Waals surface area contributed by atoms with Gasteiger partial charge in [-0.1, -0.05) is 6.07 Å². The number of carbonyl (C=O) groups excluding carboxylic acids is 2. The van der Waals surface area contributed by atoms with E-state index in [1.165, 1.54) is 6.21 Å². The van der Waals surface area contributed by atoms with E-state index in [2.05, 4.69) is 15.8 Å². The number of methoxy groups -OCH3 is 1. The van der Waals surface area contributed by atoms with E-state index in [1.54, 1.807) is 37.4 Å². The summed E-state index contributed by atoms with van der Waals surface area (Å²) in [7, 11) is 1.56. The number of carbonyl (C=O) groups is 2. The molecule has 0 saturated heterocycles. The van der Waals surface area contributed by atoms with E-state index in [1.807, 2.05) is 26.8 Å². The molecule has 0 aliphatic rings. The minimum atomic E-state index is -0.858. The highest BCUT2D eigenvalue weighted by atomic mass is 16.5. The summed E-state index contributed by atoms with van der Waals surface area (Å²) in [6.45, 7) is 6.26. The highest BCUT2D eigenvalue weighted by Gasteiger charge is 2.13. The van der Waals surface area contributed by atoms with Crippen molar-refractivity contribution < 1.29 is 19.1 Å². The molecular weight excluding hydrogens is 346 g/mol. The van der Waals surface area contributed by atoms with Gasteiger partial charge in [0.1, 0.15) is 0 Å². The zero-order valence-electron chi connectivity index (χ0n) is 15.8. The smallest absolute Gasteiger partial charge is 0.329 e. The number of aryl methyl sites for hydroxylation is 2. The van der Waals surface area contributed by atoms with Gasteiger partial charge in [0.25, 0.3) is 0 Å². The Morgan fingerprint density at radius 3 is 2.48 bits per heavy atom. The zero-order chi connectivity index (χ0) is 19.8. The number of anilines is 1. The molecule has 0 spiro atoms. The minimum absolute atomic E-state index is 0.492. The van der Waals surface area contributed by atoms with Crippen LogP contribution in [0.4, 0.5) is 5.69 Å². The van der Waals surface area contributed by atoms with Gasteiger partial charge in [-0.2, -0.15) is 5.10 Å². The van der Waals surface area contributed by atoms with Crippen LogP contribution < -0.4 is 20.2 Å². The monoisotopic (exact) mass is 369 g/mol. The van der Waals surface area contributed by atoms with Crippen LogP contribution in [0.15, 0.2) is 41.5 Å². The van der Waals surface area contributed by atoms with Gasteiger partial charge in [0.05, 0.1) is 19.9 Å². The molecule has 0 unspecified atom stereocenters. The Bertz CT molecular complexity index is 862. The van der Waals surface area contributed by atoms with Crippen molar-refractivity contribution in [3.63, 3.8) is 0 Å². The summed E-state index contributed by atoms with van der Waals surface area (Å²) in [6.07, 6.45) is 1.42. The maximum atomic E-state index is 11.9. The molecule has 2 N–H and O–H groups in total. The largest absolute Gasteiger partial charge is 0.493 e. The van der Waals surface area contributed by atoms with Crippen LogP contribution >= 0.6 is 0 Å². The molecule has 7 heteroatoms. The summed E-state index contributed by atoms with van der Waals surface area (Å²) in [4.78, 5) is 23.8. The van der Waals surface area contributed by atoms with Crippen molar-refractivity contribution in [1.29, 1.82) is 0 Å². The Hall–Kier alpha value is -3.35. The summed E-state index contributed by atoms with van der Waals surface area (Å²) in [6, 6.07) is 10.6. The molecule has 7 nitrogen and oxygen atoms in total. The van der Waals surface area contributed by atoms with Crippen LogP contribution in [0.3, 0.4) is 0 Å². The van der Waals surface area contributed by atoms with Crippen LogP contribution in [0.5, 0.6) is 11.5 Å². The highest BCUT2D eigenvalue weighted by molar-refractivity contribution is 6.39. The molecule has 0 aliphatic heterocycles. The molecule has 0 heterocycles. The topological polar surface area (TPSA) is 89.0 Å². The van der Waals surface area contributed by atoms with Gasteiger partial charge in [-0.3, -0.25) is 9.59 Å². The molecule has 27 heavy (non-hydrogen) atoms. The number of hydrogen-bond acceptors (Lipinski definition) is 5. The molecule has 0 aromatic heterocycles. The Morgan fingerprint density at radius 1 is 1.04 bits per heavy atom. The van der Waals surface area contributed by atoms with E-state index in [4.69, 9.17) is 9.47 Å². The van der Waals surface area contributed by atoms with Crippen LogP contribution in [0.1, 0.15) is 23.6 Å². The lowest BCUT2D eigenvalue weighted by molar-refractivity contribution is -0.136. The van der Waals surface area contributed by atoms with Crippen molar-refractivity contribution in [3.8, 4) is 11.5 Å². The van der Waals surface area contributed by atoms with Crippen molar-refractivity contribution in [2.24, 2.45) is 5.10 Å². The van der Waals surface area contributed by atoms with Gasteiger partial charge in [0.15, 0.2) is 11.5 Å². The number of nitrogens with zero attached hydrogens (tertiary/aromatic N) is 1. The molecule has 2 rings (SSSR count). The van der Waals surface area contributed by atoms with E-state index in [0.29, 0.717) is 29.4 Å². The molecule has 0 radical (unpaired) electrons. The molecule has 0 saturated carbocycles. The van der Waals surface area contributed by atoms with Gasteiger partial charge >= 0.3 is 11.8 Å². The van der Waals surface area contributed by atoms with Crippen molar-refractivity contribution >= 4 is 23.7 Å². The fourth-order valence-electron chi connectivity index (χ4n) is 2.27. The van der Waals surface area contributed by atoms with Gasteiger partial charge in [0.2, 0.25) is 0 Å². The molecule has 2 aromatic carbocycles. The molecule has 0 fully saturated rings. The lowest BCUT2D eigenvalue weighted by Crippen LogP contribution is -2.32. The Kier molecular flexibility index (Phi) is 6.93. The van der Waals surface area contributed by atoms with Crippen LogP contribution in [-0.4, -0.2) is 31.7 Å². The number of nitrogens with one attached hydrogen (secondary N) is 2. The number of benzene rings is 2. The predicted octanol–water partition coefficient (Wildman–Crippen LogP) is 2.80. The quantitative estimate of drug-likeness (QED) is 0.465. The third-order valence-electron chi connectivity index (χ3n) is 3.84. The van der Waals surface area contributed by atoms with Crippen LogP contribution in [-0.2, 0) is 9.59 Å². The number of rotatable bonds is 6. The second-order valence-electron chi connectivity index (χ2n) is 5.80. The van der Waals surface area contributed by atoms with Crippen molar-refractivity contribution in [1.82, 2.24) is 5.43 Å². The lowest BCUT2D eigenvalue weighted by Gasteiger charge is -2.09. The number of hydrogen-bond donors (Lipinski definition) is 2. The molecule has 0 aliphatic carbocycles. The highest BCUT2D eigenvalue weighted by Crippen LogP contribution is 2.27. The van der Waals surface area contributed by atoms with Crippen molar-refractivity contribution in [3.05, 3.63) is 53.1 Å². The Labute approximate surface area is 158 Å². The van der Waals surface area contributed by atoms with Crippen molar-refractivity contribution in [2.45, 2.75) is 20.8 Å². The average molecular weight is 369 g/mol. The second-order valence-corrected chi connectivity index (χ2v) is 5.80. The third kappa shape index (κ3) is 5.57. The molecule has 0 bridgehead atoms. The summed E-state index contributed by atoms with van der Waals surface area (Å²) < 4.78 is 10.7. The summed E-state index contributed by atoms with van der Waals surface area (Å²) >= 11 is 0. The summed E-state index contributed by atoms with van der Waals surface area (Å²) in [5, 5.41) is 6.35. The van der Waals surface area contributed by atoms with E-state index in [-0.39, 0.29) is 0 Å². The number of ether oxygens (including phenoxy) is 2. The maximum absolute atomic E-state index is 11.9. The van der Waals surface area contributed by atoms with Crippen LogP contribution in [0.2, 0.25) is 0 Å². The van der Waals surface area contributed by atoms with Gasteiger partial charge in [-0.05, 0) is 67.8 Å². The summed E-state index contributed by atoms with van der Waals surface area (Å²) in [5.74, 6) is -0.475. The molecule has 142 valence electrons. The fraction of sp³-hybridized carbons (Fsp3) is 0.250. The molecule has 2 amide bonds. The molecular formula is C20H23N3O4. The Balaban J connectivity index is 1.96. The van der Waals surface area contributed by atoms with Gasteiger partial charge in [-0.25, -0.2) is 5.43 Å². The second kappa shape index (κ2) is 9.38. The third-order valence-corrected chi connectivity index (χ3v) is 3.84. The van der Waals surface area contributed by atoms with Crippen LogP contribution in [0, 0.1) is 13.8 Å². The first-order valence-electron chi connectivity index (χ1n) is 8.47. The lowest BCUT2D eigenvalue weighted by atomic mass is 10.1. The number of hydrazone groups is 1. The first-order valence-corrected chi connectivity index (χ1v) is 8.47. The number of amides is 2. The normalized spacial score (nSPS) is 10.5. The Morgan fingerprint density at radius 2 is 1.81 bits per heavy atom. The zero-order valence-corrected chi connectivity index (χ0v) is 15.8. The first-order chi connectivity index (χ1) is 12.9. The fourth-order valence-corrected chi connectivity index (χ4v) is 2.27. The van der Waals surface area contributed by atoms with Crippen LogP contribution in [0.25, 0.3) is 0 Å². The molecule has 2 aromatic rings. The SMILES string of the molecule is CCOc1cc(/C=N\NC(=O)C(=O)Nc2ccc(C)c(C)c2)ccc1OC. The van der Waals surface area contributed by atoms with Gasteiger partial charge < -0.3 is 14.8 Å².